The third-order valence-corrected chi connectivity index (χ3v) is 9.97. The van der Waals surface area contributed by atoms with E-state index in [9.17, 15) is 5.11 Å². The summed E-state index contributed by atoms with van der Waals surface area (Å²) in [5.74, 6) is 1.13. The van der Waals surface area contributed by atoms with E-state index < -0.39 is 0 Å². The van der Waals surface area contributed by atoms with Crippen molar-refractivity contribution in [2.75, 3.05) is 37.7 Å². The number of phenolic OH excluding ortho intramolecular Hbond substituents is 1. The number of rotatable bonds is 6. The number of fused-ring (bicyclic) bond motifs is 5. The molecule has 42 heavy (non-hydrogen) atoms. The zero-order valence-corrected chi connectivity index (χ0v) is 24.3. The van der Waals surface area contributed by atoms with Crippen LogP contribution in [0.2, 0.25) is 0 Å². The fraction of sp³-hybridized carbons (Fsp3) is 0.441. The Bertz CT molecular complexity index is 1710. The lowest BCUT2D eigenvalue weighted by Gasteiger charge is -2.34. The Hall–Kier alpha value is -3.75. The number of aromatic hydroxyl groups is 1. The topological polar surface area (TPSA) is 86.6 Å². The predicted molar refractivity (Wildman–Crippen MR) is 166 cm³/mol. The van der Waals surface area contributed by atoms with Crippen molar-refractivity contribution in [1.82, 2.24) is 25.2 Å². The fourth-order valence-electron chi connectivity index (χ4n) is 8.04. The Labute approximate surface area is 246 Å². The van der Waals surface area contributed by atoms with Gasteiger partial charge < -0.3 is 20.1 Å². The van der Waals surface area contributed by atoms with Crippen molar-refractivity contribution in [3.63, 3.8) is 0 Å². The molecule has 4 fully saturated rings. The number of anilines is 1. The van der Waals surface area contributed by atoms with Gasteiger partial charge in [0.15, 0.2) is 0 Å². The van der Waals surface area contributed by atoms with Crippen molar-refractivity contribution in [3.8, 4) is 23.0 Å². The van der Waals surface area contributed by atoms with E-state index in [2.05, 4.69) is 34.7 Å². The summed E-state index contributed by atoms with van der Waals surface area (Å²) in [6.07, 6.45) is 8.49. The van der Waals surface area contributed by atoms with Crippen LogP contribution in [0.3, 0.4) is 0 Å². The number of nitrogens with zero attached hydrogens (tertiary/aromatic N) is 5. The van der Waals surface area contributed by atoms with Gasteiger partial charge in [-0.15, -0.1) is 0 Å². The number of hydrogen-bond acceptors (Lipinski definition) is 8. The Morgan fingerprint density at radius 3 is 2.83 bits per heavy atom. The van der Waals surface area contributed by atoms with E-state index in [4.69, 9.17) is 19.7 Å². The molecule has 0 radical (unpaired) electrons. The smallest absolute Gasteiger partial charge is 0.319 e. The normalized spacial score (nSPS) is 25.5. The number of hydrogen-bond donors (Lipinski definition) is 2. The number of aromatic nitrogens is 3. The lowest BCUT2D eigenvalue weighted by Crippen LogP contribution is -2.51. The Kier molecular flexibility index (Phi) is 6.12. The highest BCUT2D eigenvalue weighted by Crippen LogP contribution is 2.42. The van der Waals surface area contributed by atoms with E-state index in [1.54, 1.807) is 0 Å². The highest BCUT2D eigenvalue weighted by Gasteiger charge is 2.46. The van der Waals surface area contributed by atoms with Crippen LogP contribution in [-0.2, 0) is 6.42 Å². The van der Waals surface area contributed by atoms with Gasteiger partial charge >= 0.3 is 6.01 Å². The summed E-state index contributed by atoms with van der Waals surface area (Å²) in [7, 11) is 0. The molecule has 8 nitrogen and oxygen atoms in total. The number of nitrogens with one attached hydrogen (secondary N) is 1. The van der Waals surface area contributed by atoms with Crippen LogP contribution in [0.25, 0.3) is 32.9 Å². The number of aryl methyl sites for hydroxylation is 1. The van der Waals surface area contributed by atoms with Gasteiger partial charge in [0.25, 0.3) is 0 Å². The summed E-state index contributed by atoms with van der Waals surface area (Å²) in [6, 6.07) is 13.3. The van der Waals surface area contributed by atoms with E-state index in [-0.39, 0.29) is 11.3 Å². The van der Waals surface area contributed by atoms with Gasteiger partial charge in [-0.05, 0) is 79.6 Å². The van der Waals surface area contributed by atoms with Gasteiger partial charge in [-0.1, -0.05) is 37.3 Å². The van der Waals surface area contributed by atoms with Crippen LogP contribution in [0.15, 0.2) is 54.7 Å². The van der Waals surface area contributed by atoms with E-state index in [1.807, 2.05) is 36.5 Å². The van der Waals surface area contributed by atoms with Crippen molar-refractivity contribution in [2.45, 2.75) is 63.1 Å². The fourth-order valence-corrected chi connectivity index (χ4v) is 8.04. The van der Waals surface area contributed by atoms with Crippen molar-refractivity contribution in [2.24, 2.45) is 0 Å². The van der Waals surface area contributed by atoms with Gasteiger partial charge in [-0.3, -0.25) is 9.88 Å². The number of piperazine rings is 1. The molecule has 6 heterocycles. The Balaban J connectivity index is 1.23. The zero-order valence-electron chi connectivity index (χ0n) is 24.3. The zero-order chi connectivity index (χ0) is 28.4. The molecule has 2 N–H and O–H groups in total. The third-order valence-electron chi connectivity index (χ3n) is 9.97. The molecular formula is C34H38N6O2. The predicted octanol–water partition coefficient (Wildman–Crippen LogP) is 5.23. The van der Waals surface area contributed by atoms with Crippen LogP contribution in [0.5, 0.6) is 11.8 Å². The maximum atomic E-state index is 10.6. The molecule has 0 amide bonds. The molecule has 2 aromatic heterocycles. The average Bonchev–Trinajstić information content (AvgIpc) is 3.64. The molecule has 216 valence electrons. The lowest BCUT2D eigenvalue weighted by atomic mass is 9.94. The van der Waals surface area contributed by atoms with E-state index >= 15 is 0 Å². The molecule has 4 aliphatic rings. The number of benzene rings is 2. The van der Waals surface area contributed by atoms with Gasteiger partial charge in [-0.25, -0.2) is 0 Å². The monoisotopic (exact) mass is 562 g/mol. The summed E-state index contributed by atoms with van der Waals surface area (Å²) in [5.41, 5.74) is 5.03. The first-order valence-corrected chi connectivity index (χ1v) is 15.5. The third kappa shape index (κ3) is 4.31. The molecule has 0 saturated carbocycles. The van der Waals surface area contributed by atoms with Crippen LogP contribution >= 0.6 is 0 Å². The summed E-state index contributed by atoms with van der Waals surface area (Å²) < 4.78 is 6.52. The maximum absolute atomic E-state index is 10.6. The summed E-state index contributed by atoms with van der Waals surface area (Å²) in [6.45, 7) is 10.9. The maximum Gasteiger partial charge on any atom is 0.319 e. The van der Waals surface area contributed by atoms with Crippen molar-refractivity contribution in [3.05, 3.63) is 60.3 Å². The Morgan fingerprint density at radius 2 is 2.00 bits per heavy atom. The molecular weight excluding hydrogens is 524 g/mol. The lowest BCUT2D eigenvalue weighted by molar-refractivity contribution is 0.108. The van der Waals surface area contributed by atoms with E-state index in [0.29, 0.717) is 24.7 Å². The van der Waals surface area contributed by atoms with E-state index in [1.165, 1.54) is 30.4 Å². The molecule has 0 spiro atoms. The summed E-state index contributed by atoms with van der Waals surface area (Å²) >= 11 is 0. The van der Waals surface area contributed by atoms with Crippen LogP contribution in [-0.4, -0.2) is 75.4 Å². The first-order valence-electron chi connectivity index (χ1n) is 15.5. The molecule has 2 aromatic carbocycles. The highest BCUT2D eigenvalue weighted by atomic mass is 16.5. The van der Waals surface area contributed by atoms with Crippen LogP contribution in [0, 0.1) is 0 Å². The van der Waals surface area contributed by atoms with Crippen molar-refractivity contribution in [1.29, 1.82) is 0 Å². The molecule has 4 saturated heterocycles. The molecule has 2 bridgehead atoms. The number of ether oxygens (including phenoxy) is 1. The van der Waals surface area contributed by atoms with Gasteiger partial charge in [-0.2, -0.15) is 9.97 Å². The van der Waals surface area contributed by atoms with Crippen molar-refractivity contribution < 1.29 is 9.84 Å². The molecule has 3 atom stereocenters. The molecule has 8 rings (SSSR count). The van der Waals surface area contributed by atoms with Crippen LogP contribution < -0.4 is 15.0 Å². The minimum absolute atomic E-state index is 0.00412. The molecule has 4 aliphatic heterocycles. The summed E-state index contributed by atoms with van der Waals surface area (Å²) in [5, 5.41) is 17.4. The van der Waals surface area contributed by atoms with Gasteiger partial charge in [0.1, 0.15) is 18.2 Å². The first-order chi connectivity index (χ1) is 20.5. The van der Waals surface area contributed by atoms with Crippen LogP contribution in [0.4, 0.5) is 5.82 Å². The first kappa shape index (κ1) is 25.9. The molecule has 3 unspecified atom stereocenters. The number of phenols is 1. The largest absolute Gasteiger partial charge is 0.508 e. The second-order valence-corrected chi connectivity index (χ2v) is 12.8. The van der Waals surface area contributed by atoms with Gasteiger partial charge in [0.05, 0.1) is 22.1 Å². The second-order valence-electron chi connectivity index (χ2n) is 12.8. The second kappa shape index (κ2) is 9.92. The Morgan fingerprint density at radius 1 is 1.14 bits per heavy atom. The summed E-state index contributed by atoms with van der Waals surface area (Å²) in [4.78, 5) is 19.9. The minimum Gasteiger partial charge on any atom is -0.508 e. The molecule has 4 aromatic rings. The number of pyridine rings is 1. The van der Waals surface area contributed by atoms with Gasteiger partial charge in [0, 0.05) is 43.5 Å². The van der Waals surface area contributed by atoms with Crippen molar-refractivity contribution >= 4 is 27.5 Å². The standard InChI is InChI=1S/C34H38N6O2/c1-3-22-6-4-7-23-12-26(41)13-27(31(22)23)29-14-30-28(16-35-29)32(39-18-24-8-9-25(19-39)36-24)38-33(37-30)42-20-34-10-5-11-40(34)17-21(2)15-34/h4,6-7,12-14,16,24-25,36,41H,2-3,5,8-11,15,17-20H2,1H3. The van der Waals surface area contributed by atoms with E-state index in [0.717, 1.165) is 84.2 Å². The average molecular weight is 563 g/mol. The molecule has 0 aliphatic carbocycles. The highest BCUT2D eigenvalue weighted by molar-refractivity contribution is 6.01. The SMILES string of the molecule is C=C1CN2CCCC2(COc2nc(N3CC4CCC(C3)N4)c3cnc(-c4cc(O)cc5cccc(CC)c45)cc3n2)C1. The van der Waals surface area contributed by atoms with Gasteiger partial charge in [0.2, 0.25) is 0 Å². The minimum atomic E-state index is 0.00412. The van der Waals surface area contributed by atoms with Crippen LogP contribution in [0.1, 0.15) is 44.6 Å². The quantitative estimate of drug-likeness (QED) is 0.309. The molecule has 8 heteroatoms.